The number of nitrogens with one attached hydrogen (secondary N) is 1. The average molecular weight is 231 g/mol. The molecule has 0 atom stereocenters. The normalized spacial score (nSPS) is 10.5. The van der Waals surface area contributed by atoms with Gasteiger partial charge in [0, 0.05) is 30.1 Å². The second-order valence-electron chi connectivity index (χ2n) is 3.71. The smallest absolute Gasteiger partial charge is 0.159 e. The van der Waals surface area contributed by atoms with Crippen molar-refractivity contribution in [1.29, 1.82) is 0 Å². The Morgan fingerprint density at radius 1 is 1.24 bits per heavy atom. The van der Waals surface area contributed by atoms with E-state index in [-0.39, 0.29) is 5.82 Å². The van der Waals surface area contributed by atoms with Crippen LogP contribution in [0.5, 0.6) is 0 Å². The summed E-state index contributed by atoms with van der Waals surface area (Å²) in [7, 11) is 0. The highest BCUT2D eigenvalue weighted by Gasteiger charge is 2.02. The Labute approximate surface area is 99.7 Å². The van der Waals surface area contributed by atoms with Gasteiger partial charge in [-0.3, -0.25) is 0 Å². The molecule has 0 spiro atoms. The van der Waals surface area contributed by atoms with Crippen LogP contribution in [0.4, 0.5) is 4.39 Å². The molecule has 2 rings (SSSR count). The molecule has 88 valence electrons. The van der Waals surface area contributed by atoms with Gasteiger partial charge in [0.15, 0.2) is 5.82 Å². The van der Waals surface area contributed by atoms with Crippen molar-refractivity contribution in [2.24, 2.45) is 0 Å². The molecule has 0 unspecified atom stereocenters. The molecule has 4 heteroatoms. The Morgan fingerprint density at radius 3 is 2.65 bits per heavy atom. The summed E-state index contributed by atoms with van der Waals surface area (Å²) in [5, 5.41) is 3.19. The first-order valence-corrected chi connectivity index (χ1v) is 5.57. The molecule has 17 heavy (non-hydrogen) atoms. The lowest BCUT2D eigenvalue weighted by Gasteiger charge is -2.03. The zero-order chi connectivity index (χ0) is 12.1. The van der Waals surface area contributed by atoms with Gasteiger partial charge in [-0.15, -0.1) is 0 Å². The zero-order valence-electron chi connectivity index (χ0n) is 9.65. The van der Waals surface area contributed by atoms with Crippen molar-refractivity contribution >= 4 is 0 Å². The summed E-state index contributed by atoms with van der Waals surface area (Å²) in [4.78, 5) is 8.45. The highest BCUT2D eigenvalue weighted by Crippen LogP contribution is 2.15. The highest BCUT2D eigenvalue weighted by atomic mass is 19.1. The number of benzene rings is 1. The predicted octanol–water partition coefficient (Wildman–Crippen LogP) is 2.39. The van der Waals surface area contributed by atoms with Gasteiger partial charge in [-0.25, -0.2) is 14.4 Å². The summed E-state index contributed by atoms with van der Waals surface area (Å²) in [5.41, 5.74) is 1.71. The molecule has 1 aromatic carbocycles. The van der Waals surface area contributed by atoms with Gasteiger partial charge in [0.05, 0.1) is 0 Å². The Morgan fingerprint density at radius 2 is 2.00 bits per heavy atom. The van der Waals surface area contributed by atoms with Crippen LogP contribution in [0.25, 0.3) is 11.4 Å². The van der Waals surface area contributed by atoms with Gasteiger partial charge in [0.2, 0.25) is 0 Å². The van der Waals surface area contributed by atoms with E-state index in [2.05, 4.69) is 15.3 Å². The fourth-order valence-corrected chi connectivity index (χ4v) is 1.49. The van der Waals surface area contributed by atoms with Crippen LogP contribution in [-0.2, 0) is 6.54 Å². The lowest BCUT2D eigenvalue weighted by Crippen LogP contribution is -2.12. The number of aromatic nitrogens is 2. The van der Waals surface area contributed by atoms with Crippen LogP contribution in [0.2, 0.25) is 0 Å². The third-order valence-corrected chi connectivity index (χ3v) is 2.37. The molecule has 0 amide bonds. The molecule has 0 aliphatic heterocycles. The minimum atomic E-state index is -0.275. The maximum Gasteiger partial charge on any atom is 0.159 e. The molecule has 0 saturated heterocycles. The first-order valence-electron chi connectivity index (χ1n) is 5.57. The summed E-state index contributed by atoms with van der Waals surface area (Å²) in [6.45, 7) is 3.70. The number of hydrogen-bond acceptors (Lipinski definition) is 3. The van der Waals surface area contributed by atoms with Crippen molar-refractivity contribution in [2.45, 2.75) is 13.5 Å². The van der Waals surface area contributed by atoms with Crippen molar-refractivity contribution in [3.63, 3.8) is 0 Å². The van der Waals surface area contributed by atoms with Crippen molar-refractivity contribution in [3.05, 3.63) is 48.0 Å². The minimum Gasteiger partial charge on any atom is -0.313 e. The standard InChI is InChI=1S/C13H14FN3/c1-2-15-7-10-8-16-13(17-9-10)11-4-3-5-12(14)6-11/h3-6,8-9,15H,2,7H2,1H3. The highest BCUT2D eigenvalue weighted by molar-refractivity contribution is 5.54. The lowest BCUT2D eigenvalue weighted by atomic mass is 10.2. The molecular formula is C13H14FN3. The summed E-state index contributed by atoms with van der Waals surface area (Å²) in [6.07, 6.45) is 3.52. The number of nitrogens with zero attached hydrogens (tertiary/aromatic N) is 2. The summed E-state index contributed by atoms with van der Waals surface area (Å²) >= 11 is 0. The van der Waals surface area contributed by atoms with E-state index in [1.807, 2.05) is 6.92 Å². The van der Waals surface area contributed by atoms with Gasteiger partial charge in [0.25, 0.3) is 0 Å². The molecule has 0 saturated carbocycles. The largest absolute Gasteiger partial charge is 0.313 e. The first-order chi connectivity index (χ1) is 8.29. The molecule has 1 aromatic heterocycles. The van der Waals surface area contributed by atoms with Crippen LogP contribution in [-0.4, -0.2) is 16.5 Å². The molecule has 0 radical (unpaired) electrons. The maximum atomic E-state index is 13.0. The molecule has 1 N–H and O–H groups in total. The van der Waals surface area contributed by atoms with Crippen molar-refractivity contribution in [2.75, 3.05) is 6.54 Å². The van der Waals surface area contributed by atoms with E-state index >= 15 is 0 Å². The Bertz CT molecular complexity index is 482. The minimum absolute atomic E-state index is 0.275. The second-order valence-corrected chi connectivity index (χ2v) is 3.71. The van der Waals surface area contributed by atoms with Crippen LogP contribution in [0.3, 0.4) is 0 Å². The lowest BCUT2D eigenvalue weighted by molar-refractivity contribution is 0.628. The van der Waals surface area contributed by atoms with E-state index in [9.17, 15) is 4.39 Å². The number of hydrogen-bond donors (Lipinski definition) is 1. The molecular weight excluding hydrogens is 217 g/mol. The predicted molar refractivity (Wildman–Crippen MR) is 64.8 cm³/mol. The van der Waals surface area contributed by atoms with Gasteiger partial charge >= 0.3 is 0 Å². The second kappa shape index (κ2) is 5.50. The average Bonchev–Trinajstić information content (AvgIpc) is 2.37. The quantitative estimate of drug-likeness (QED) is 0.878. The summed E-state index contributed by atoms with van der Waals surface area (Å²) < 4.78 is 13.0. The van der Waals surface area contributed by atoms with Crippen molar-refractivity contribution < 1.29 is 4.39 Å². The fourth-order valence-electron chi connectivity index (χ4n) is 1.49. The third kappa shape index (κ3) is 3.07. The van der Waals surface area contributed by atoms with E-state index in [0.717, 1.165) is 18.7 Å². The van der Waals surface area contributed by atoms with Gasteiger partial charge in [0.1, 0.15) is 5.82 Å². The summed E-state index contributed by atoms with van der Waals surface area (Å²) in [5.74, 6) is 0.271. The van der Waals surface area contributed by atoms with E-state index in [1.54, 1.807) is 24.5 Å². The van der Waals surface area contributed by atoms with E-state index in [4.69, 9.17) is 0 Å². The molecule has 2 aromatic rings. The van der Waals surface area contributed by atoms with Crippen molar-refractivity contribution in [3.8, 4) is 11.4 Å². The van der Waals surface area contributed by atoms with Gasteiger partial charge in [-0.05, 0) is 18.7 Å². The number of halogens is 1. The van der Waals surface area contributed by atoms with Gasteiger partial charge < -0.3 is 5.32 Å². The zero-order valence-corrected chi connectivity index (χ0v) is 9.65. The molecule has 0 aliphatic rings. The fraction of sp³-hybridized carbons (Fsp3) is 0.231. The van der Waals surface area contributed by atoms with Gasteiger partial charge in [-0.2, -0.15) is 0 Å². The maximum absolute atomic E-state index is 13.0. The first kappa shape index (κ1) is 11.7. The van der Waals surface area contributed by atoms with Crippen LogP contribution >= 0.6 is 0 Å². The van der Waals surface area contributed by atoms with Crippen LogP contribution < -0.4 is 5.32 Å². The SMILES string of the molecule is CCNCc1cnc(-c2cccc(F)c2)nc1. The third-order valence-electron chi connectivity index (χ3n) is 2.37. The van der Waals surface area contributed by atoms with Gasteiger partial charge in [-0.1, -0.05) is 19.1 Å². The number of rotatable bonds is 4. The molecule has 1 heterocycles. The molecule has 0 fully saturated rings. The monoisotopic (exact) mass is 231 g/mol. The Kier molecular flexibility index (Phi) is 3.77. The molecule has 0 bridgehead atoms. The topological polar surface area (TPSA) is 37.8 Å². The van der Waals surface area contributed by atoms with Crippen LogP contribution in [0.15, 0.2) is 36.7 Å². The Hall–Kier alpha value is -1.81. The van der Waals surface area contributed by atoms with E-state index in [1.165, 1.54) is 12.1 Å². The van der Waals surface area contributed by atoms with Crippen LogP contribution in [0.1, 0.15) is 12.5 Å². The molecule has 0 aliphatic carbocycles. The van der Waals surface area contributed by atoms with Crippen molar-refractivity contribution in [1.82, 2.24) is 15.3 Å². The summed E-state index contributed by atoms with van der Waals surface area (Å²) in [6, 6.07) is 6.28. The Balaban J connectivity index is 2.17. The van der Waals surface area contributed by atoms with E-state index < -0.39 is 0 Å². The van der Waals surface area contributed by atoms with E-state index in [0.29, 0.717) is 11.4 Å². The van der Waals surface area contributed by atoms with Crippen LogP contribution in [0, 0.1) is 5.82 Å². The molecule has 3 nitrogen and oxygen atoms in total.